The number of hydrogen-bond donors (Lipinski definition) is 0. The molecule has 1 aliphatic heterocycles. The van der Waals surface area contributed by atoms with Crippen molar-refractivity contribution < 1.29 is 19.0 Å². The second-order valence-corrected chi connectivity index (χ2v) is 9.68. The first-order chi connectivity index (χ1) is 18.2. The van der Waals surface area contributed by atoms with Crippen molar-refractivity contribution in [2.24, 2.45) is 0 Å². The molecule has 0 radical (unpaired) electrons. The van der Waals surface area contributed by atoms with Crippen LogP contribution in [0.4, 0.5) is 0 Å². The lowest BCUT2D eigenvalue weighted by Gasteiger charge is -2.26. The van der Waals surface area contributed by atoms with Gasteiger partial charge in [-0.05, 0) is 97.9 Å². The number of fused-ring (bicyclic) bond motifs is 1. The first-order valence-corrected chi connectivity index (χ1v) is 13.2. The second-order valence-electron chi connectivity index (χ2n) is 9.68. The van der Waals surface area contributed by atoms with Gasteiger partial charge >= 0.3 is 0 Å². The van der Waals surface area contributed by atoms with Crippen LogP contribution in [-0.2, 0) is 6.42 Å². The lowest BCUT2D eigenvalue weighted by atomic mass is 9.79. The van der Waals surface area contributed by atoms with Crippen molar-refractivity contribution in [3.63, 3.8) is 0 Å². The van der Waals surface area contributed by atoms with Crippen molar-refractivity contribution in [2.45, 2.75) is 32.1 Å². The minimum absolute atomic E-state index is 0.00638. The third-order valence-corrected chi connectivity index (χ3v) is 7.43. The van der Waals surface area contributed by atoms with Crippen molar-refractivity contribution in [3.05, 3.63) is 89.0 Å². The summed E-state index contributed by atoms with van der Waals surface area (Å²) in [6, 6.07) is 21.5. The fraction of sp³-hybridized carbons (Fsp3) is 0.344. The molecule has 37 heavy (non-hydrogen) atoms. The van der Waals surface area contributed by atoms with E-state index in [-0.39, 0.29) is 5.78 Å². The van der Waals surface area contributed by atoms with E-state index in [9.17, 15) is 4.79 Å². The summed E-state index contributed by atoms with van der Waals surface area (Å²) in [4.78, 5) is 16.5. The Hall–Kier alpha value is -3.57. The van der Waals surface area contributed by atoms with E-state index in [1.165, 1.54) is 19.3 Å². The monoisotopic (exact) mass is 497 g/mol. The van der Waals surface area contributed by atoms with Gasteiger partial charge in [-0.15, -0.1) is 0 Å². The van der Waals surface area contributed by atoms with Crippen LogP contribution in [0.25, 0.3) is 11.1 Å². The Morgan fingerprint density at radius 1 is 0.811 bits per heavy atom. The van der Waals surface area contributed by atoms with Gasteiger partial charge in [0.25, 0.3) is 0 Å². The summed E-state index contributed by atoms with van der Waals surface area (Å²) < 4.78 is 17.1. The molecule has 0 amide bonds. The molecule has 2 aliphatic rings. The zero-order chi connectivity index (χ0) is 25.6. The number of piperidine rings is 1. The van der Waals surface area contributed by atoms with Gasteiger partial charge in [-0.1, -0.05) is 30.7 Å². The molecule has 0 saturated carbocycles. The van der Waals surface area contributed by atoms with Crippen LogP contribution in [0.5, 0.6) is 17.2 Å². The summed E-state index contributed by atoms with van der Waals surface area (Å²) in [5, 5.41) is 0. The lowest BCUT2D eigenvalue weighted by Crippen LogP contribution is -2.33. The van der Waals surface area contributed by atoms with Gasteiger partial charge in [-0.3, -0.25) is 9.69 Å². The van der Waals surface area contributed by atoms with Gasteiger partial charge in [-0.25, -0.2) is 0 Å². The van der Waals surface area contributed by atoms with Crippen LogP contribution in [0, 0.1) is 0 Å². The van der Waals surface area contributed by atoms with Gasteiger partial charge in [0.15, 0.2) is 5.78 Å². The van der Waals surface area contributed by atoms with Gasteiger partial charge in [-0.2, -0.15) is 0 Å². The molecule has 0 bridgehead atoms. The molecule has 1 saturated heterocycles. The second kappa shape index (κ2) is 11.7. The summed E-state index contributed by atoms with van der Waals surface area (Å²) in [6.45, 7) is 3.92. The molecule has 3 aromatic rings. The highest BCUT2D eigenvalue weighted by atomic mass is 16.5. The van der Waals surface area contributed by atoms with Crippen LogP contribution in [0.1, 0.15) is 52.7 Å². The minimum Gasteiger partial charge on any atom is -0.497 e. The number of nitrogens with zero attached hydrogens (tertiary/aromatic N) is 1. The van der Waals surface area contributed by atoms with E-state index < -0.39 is 0 Å². The molecule has 3 aromatic carbocycles. The summed E-state index contributed by atoms with van der Waals surface area (Å²) in [6.07, 6.45) is 5.47. The fourth-order valence-corrected chi connectivity index (χ4v) is 5.44. The van der Waals surface area contributed by atoms with E-state index in [1.54, 1.807) is 14.2 Å². The molecule has 5 rings (SSSR count). The van der Waals surface area contributed by atoms with E-state index in [4.69, 9.17) is 14.2 Å². The number of carbonyl (C=O) groups is 1. The van der Waals surface area contributed by atoms with Crippen molar-refractivity contribution in [2.75, 3.05) is 40.5 Å². The number of para-hydroxylation sites is 1. The first-order valence-electron chi connectivity index (χ1n) is 13.2. The number of carbonyl (C=O) groups excluding carboxylic acids is 1. The third kappa shape index (κ3) is 5.57. The number of ketones is 1. The predicted molar refractivity (Wildman–Crippen MR) is 148 cm³/mol. The Balaban J connectivity index is 1.43. The normalized spacial score (nSPS) is 15.7. The number of benzene rings is 3. The van der Waals surface area contributed by atoms with Crippen LogP contribution in [0.2, 0.25) is 0 Å². The van der Waals surface area contributed by atoms with E-state index in [0.717, 1.165) is 77.6 Å². The Kier molecular flexibility index (Phi) is 7.90. The van der Waals surface area contributed by atoms with Crippen LogP contribution < -0.4 is 14.2 Å². The maximum Gasteiger partial charge on any atom is 0.193 e. The minimum atomic E-state index is 0.00638. The van der Waals surface area contributed by atoms with Crippen molar-refractivity contribution in [1.29, 1.82) is 0 Å². The molecule has 0 unspecified atom stereocenters. The van der Waals surface area contributed by atoms with Gasteiger partial charge in [0.05, 0.1) is 14.2 Å². The molecule has 1 aliphatic carbocycles. The van der Waals surface area contributed by atoms with Crippen LogP contribution in [0.15, 0.2) is 66.7 Å². The van der Waals surface area contributed by atoms with Gasteiger partial charge < -0.3 is 14.2 Å². The van der Waals surface area contributed by atoms with Gasteiger partial charge in [0.1, 0.15) is 23.9 Å². The number of methoxy groups -OCH3 is 2. The van der Waals surface area contributed by atoms with Gasteiger partial charge in [0, 0.05) is 23.2 Å². The predicted octanol–water partition coefficient (Wildman–Crippen LogP) is 6.31. The summed E-state index contributed by atoms with van der Waals surface area (Å²) >= 11 is 0. The molecular formula is C32H35NO4. The molecule has 1 fully saturated rings. The molecule has 0 atom stereocenters. The number of aryl methyl sites for hydroxylation is 1. The maximum atomic E-state index is 14.1. The Bertz CT molecular complexity index is 1270. The number of rotatable bonds is 9. The zero-order valence-corrected chi connectivity index (χ0v) is 21.8. The lowest BCUT2D eigenvalue weighted by molar-refractivity contribution is 0.105. The van der Waals surface area contributed by atoms with Crippen molar-refractivity contribution in [3.8, 4) is 17.2 Å². The van der Waals surface area contributed by atoms with Crippen molar-refractivity contribution >= 4 is 16.9 Å². The molecule has 5 nitrogen and oxygen atoms in total. The van der Waals surface area contributed by atoms with Crippen LogP contribution >= 0.6 is 0 Å². The number of hydrogen-bond acceptors (Lipinski definition) is 5. The molecule has 192 valence electrons. The molecule has 0 spiro atoms. The number of ether oxygens (including phenoxy) is 3. The number of Topliss-reactive ketones (excluding diaryl/α,β-unsaturated/α-hetero) is 1. The number of likely N-dealkylation sites (tertiary alicyclic amines) is 1. The highest BCUT2D eigenvalue weighted by Crippen LogP contribution is 2.42. The maximum absolute atomic E-state index is 14.1. The average Bonchev–Trinajstić information content (AvgIpc) is 2.96. The highest BCUT2D eigenvalue weighted by molar-refractivity contribution is 6.35. The largest absolute Gasteiger partial charge is 0.497 e. The number of allylic oxidation sites excluding steroid dienone is 2. The quantitative estimate of drug-likeness (QED) is 0.324. The molecular weight excluding hydrogens is 462 g/mol. The zero-order valence-electron chi connectivity index (χ0n) is 21.8. The molecule has 5 heteroatoms. The Morgan fingerprint density at radius 2 is 1.57 bits per heavy atom. The standard InChI is InChI=1S/C32H35NO4/c1-35-26-15-17-27-24(22-26)12-16-29(28-8-4-5-9-30(28)36-2)31(27)32(34)23-10-13-25(14-11-23)37-21-20-33-18-6-3-7-19-33/h4-5,8-11,13-15,17,22H,3,6-7,12,16,18-21H2,1-2H3. The third-order valence-electron chi connectivity index (χ3n) is 7.43. The fourth-order valence-electron chi connectivity index (χ4n) is 5.44. The SMILES string of the molecule is COc1ccc2c(c1)CCC(c1ccccc1OC)=C2C(=O)c1ccc(OCCN2CCCCC2)cc1. The molecule has 0 aromatic heterocycles. The van der Waals surface area contributed by atoms with E-state index in [0.29, 0.717) is 12.2 Å². The smallest absolute Gasteiger partial charge is 0.193 e. The Labute approximate surface area is 219 Å². The van der Waals surface area contributed by atoms with E-state index >= 15 is 0 Å². The highest BCUT2D eigenvalue weighted by Gasteiger charge is 2.28. The van der Waals surface area contributed by atoms with Crippen LogP contribution in [-0.4, -0.2) is 51.1 Å². The molecule has 0 N–H and O–H groups in total. The average molecular weight is 498 g/mol. The van der Waals surface area contributed by atoms with Gasteiger partial charge in [0.2, 0.25) is 0 Å². The molecule has 1 heterocycles. The first kappa shape index (κ1) is 25.1. The van der Waals surface area contributed by atoms with E-state index in [1.807, 2.05) is 66.7 Å². The summed E-state index contributed by atoms with van der Waals surface area (Å²) in [5.74, 6) is 2.38. The van der Waals surface area contributed by atoms with Crippen molar-refractivity contribution in [1.82, 2.24) is 4.90 Å². The topological polar surface area (TPSA) is 48.0 Å². The van der Waals surface area contributed by atoms with Crippen LogP contribution in [0.3, 0.4) is 0 Å². The summed E-state index contributed by atoms with van der Waals surface area (Å²) in [5.41, 5.74) is 5.44. The Morgan fingerprint density at radius 3 is 2.32 bits per heavy atom. The summed E-state index contributed by atoms with van der Waals surface area (Å²) in [7, 11) is 3.34. The van der Waals surface area contributed by atoms with E-state index in [2.05, 4.69) is 4.90 Å².